The molecule has 0 saturated carbocycles. The molecule has 2 aromatic rings. The Balaban J connectivity index is 1.71. The van der Waals surface area contributed by atoms with Crippen LogP contribution in [0.5, 0.6) is 5.75 Å². The second-order valence-corrected chi connectivity index (χ2v) is 8.58. The number of carbonyl (C=O) groups excluding carboxylic acids is 2. The Kier molecular flexibility index (Phi) is 6.11. The molecule has 0 unspecified atom stereocenters. The minimum Gasteiger partial charge on any atom is -0.502 e. The highest BCUT2D eigenvalue weighted by Crippen LogP contribution is 2.29. The number of rotatable bonds is 5. The van der Waals surface area contributed by atoms with Gasteiger partial charge in [0.1, 0.15) is 18.0 Å². The Morgan fingerprint density at radius 3 is 2.76 bits per heavy atom. The fourth-order valence-electron chi connectivity index (χ4n) is 4.37. The van der Waals surface area contributed by atoms with Crippen LogP contribution < -0.4 is 15.8 Å². The van der Waals surface area contributed by atoms with Gasteiger partial charge in [0.2, 0.25) is 5.43 Å². The molecule has 176 valence electrons. The number of hydrogen-bond donors (Lipinski definition) is 2. The first kappa shape index (κ1) is 22.8. The van der Waals surface area contributed by atoms with Gasteiger partial charge >= 0.3 is 0 Å². The fourth-order valence-corrected chi connectivity index (χ4v) is 4.37. The Bertz CT molecular complexity index is 1160. The van der Waals surface area contributed by atoms with Crippen molar-refractivity contribution in [1.29, 1.82) is 0 Å². The lowest BCUT2D eigenvalue weighted by atomic mass is 10.1. The standard InChI is InChI=1S/C23H27FN4O5/c1-13-4-6-15(18(24)8-13)9-25-22(31)17-10-27-19(21(30)20(17)29)23(32)26-12-28(27)16(11-33-3)7-5-14(26)2/h4,6,8,10,14,16,30H,5,7,9,11-12H2,1-3H3,(H,25,31)/t14-,16-/m0/s1. The molecule has 9 nitrogen and oxygen atoms in total. The number of halogens is 1. The number of methoxy groups -OCH3 is 1. The molecule has 1 fully saturated rings. The van der Waals surface area contributed by atoms with Gasteiger partial charge in [0.25, 0.3) is 11.8 Å². The van der Waals surface area contributed by atoms with E-state index in [1.807, 2.05) is 11.9 Å². The number of aromatic nitrogens is 1. The van der Waals surface area contributed by atoms with Crippen molar-refractivity contribution in [3.05, 3.63) is 62.8 Å². The largest absolute Gasteiger partial charge is 0.502 e. The van der Waals surface area contributed by atoms with Gasteiger partial charge in [-0.2, -0.15) is 0 Å². The van der Waals surface area contributed by atoms with Gasteiger partial charge in [-0.3, -0.25) is 24.1 Å². The van der Waals surface area contributed by atoms with E-state index in [0.717, 1.165) is 18.4 Å². The first-order valence-electron chi connectivity index (χ1n) is 10.8. The molecule has 2 amide bonds. The van der Waals surface area contributed by atoms with Crippen LogP contribution in [-0.4, -0.2) is 59.0 Å². The molecule has 33 heavy (non-hydrogen) atoms. The van der Waals surface area contributed by atoms with Gasteiger partial charge in [-0.05, 0) is 38.3 Å². The smallest absolute Gasteiger partial charge is 0.278 e. The number of carbonyl (C=O) groups is 2. The van der Waals surface area contributed by atoms with Gasteiger partial charge in [0, 0.05) is 31.5 Å². The average Bonchev–Trinajstić information content (AvgIpc) is 2.91. The van der Waals surface area contributed by atoms with Crippen LogP contribution in [0.25, 0.3) is 0 Å². The molecule has 2 atom stereocenters. The van der Waals surface area contributed by atoms with Crippen LogP contribution in [0.3, 0.4) is 0 Å². The van der Waals surface area contributed by atoms with Crippen LogP contribution in [-0.2, 0) is 11.3 Å². The van der Waals surface area contributed by atoms with E-state index in [0.29, 0.717) is 6.61 Å². The van der Waals surface area contributed by atoms with Crippen LogP contribution in [0.2, 0.25) is 0 Å². The lowest BCUT2D eigenvalue weighted by Crippen LogP contribution is -2.58. The van der Waals surface area contributed by atoms with Gasteiger partial charge in [-0.15, -0.1) is 0 Å². The zero-order valence-electron chi connectivity index (χ0n) is 18.8. The summed E-state index contributed by atoms with van der Waals surface area (Å²) in [4.78, 5) is 40.4. The highest BCUT2D eigenvalue weighted by molar-refractivity contribution is 5.99. The van der Waals surface area contributed by atoms with Gasteiger partial charge in [0.15, 0.2) is 11.4 Å². The van der Waals surface area contributed by atoms with Crippen molar-refractivity contribution in [2.75, 3.05) is 25.4 Å². The summed E-state index contributed by atoms with van der Waals surface area (Å²) in [6.07, 6.45) is 2.72. The van der Waals surface area contributed by atoms with Gasteiger partial charge in [0.05, 0.1) is 12.6 Å². The first-order valence-corrected chi connectivity index (χ1v) is 10.8. The van der Waals surface area contributed by atoms with Crippen molar-refractivity contribution < 1.29 is 23.8 Å². The van der Waals surface area contributed by atoms with E-state index in [2.05, 4.69) is 5.32 Å². The summed E-state index contributed by atoms with van der Waals surface area (Å²) in [6.45, 7) is 4.15. The number of aryl methyl sites for hydroxylation is 1. The number of aromatic hydroxyl groups is 1. The van der Waals surface area contributed by atoms with Crippen LogP contribution in [0.15, 0.2) is 29.2 Å². The fraction of sp³-hybridized carbons (Fsp3) is 0.435. The van der Waals surface area contributed by atoms with Gasteiger partial charge < -0.3 is 20.1 Å². The van der Waals surface area contributed by atoms with E-state index >= 15 is 0 Å². The van der Waals surface area contributed by atoms with Crippen molar-refractivity contribution >= 4 is 11.8 Å². The number of hydrogen-bond acceptors (Lipinski definition) is 6. The Hall–Kier alpha value is -3.40. The summed E-state index contributed by atoms with van der Waals surface area (Å²) < 4.78 is 20.9. The van der Waals surface area contributed by atoms with Crippen LogP contribution in [0.1, 0.15) is 51.7 Å². The quantitative estimate of drug-likeness (QED) is 0.704. The monoisotopic (exact) mass is 458 g/mol. The maximum atomic E-state index is 14.1. The Morgan fingerprint density at radius 2 is 2.06 bits per heavy atom. The molecule has 0 spiro atoms. The zero-order chi connectivity index (χ0) is 23.9. The van der Waals surface area contributed by atoms with Crippen molar-refractivity contribution in [1.82, 2.24) is 14.9 Å². The number of fused-ring (bicyclic) bond motifs is 4. The Morgan fingerprint density at radius 1 is 1.30 bits per heavy atom. The molecule has 2 N–H and O–H groups in total. The summed E-state index contributed by atoms with van der Waals surface area (Å²) in [7, 11) is 1.58. The van der Waals surface area contributed by atoms with E-state index in [1.54, 1.807) is 31.1 Å². The number of benzene rings is 1. The number of ether oxygens (including phenoxy) is 1. The summed E-state index contributed by atoms with van der Waals surface area (Å²) >= 11 is 0. The van der Waals surface area contributed by atoms with Crippen LogP contribution >= 0.6 is 0 Å². The number of nitrogens with one attached hydrogen (secondary N) is 1. The van der Waals surface area contributed by atoms with E-state index in [4.69, 9.17) is 4.74 Å². The predicted molar refractivity (Wildman–Crippen MR) is 118 cm³/mol. The molecule has 1 aromatic heterocycles. The first-order chi connectivity index (χ1) is 15.7. The highest BCUT2D eigenvalue weighted by Gasteiger charge is 2.40. The topological polar surface area (TPSA) is 104 Å². The maximum absolute atomic E-state index is 14.1. The Labute approximate surface area is 190 Å². The number of pyridine rings is 1. The summed E-state index contributed by atoms with van der Waals surface area (Å²) in [6, 6.07) is 4.42. The molecular formula is C23H27FN4O5. The molecule has 2 bridgehead atoms. The highest BCUT2D eigenvalue weighted by atomic mass is 19.1. The third-order valence-corrected chi connectivity index (χ3v) is 6.32. The van der Waals surface area contributed by atoms with E-state index in [9.17, 15) is 23.9 Å². The summed E-state index contributed by atoms with van der Waals surface area (Å²) in [5.74, 6) is -2.49. The predicted octanol–water partition coefficient (Wildman–Crippen LogP) is 1.48. The molecule has 0 radical (unpaired) electrons. The minimum atomic E-state index is -0.950. The van der Waals surface area contributed by atoms with Crippen LogP contribution in [0.4, 0.5) is 4.39 Å². The van der Waals surface area contributed by atoms with Crippen molar-refractivity contribution in [3.8, 4) is 5.75 Å². The second kappa shape index (κ2) is 8.86. The molecule has 2 aliphatic heterocycles. The van der Waals surface area contributed by atoms with E-state index in [1.165, 1.54) is 16.9 Å². The molecule has 1 saturated heterocycles. The van der Waals surface area contributed by atoms with Crippen molar-refractivity contribution in [2.24, 2.45) is 0 Å². The number of nitrogens with zero attached hydrogens (tertiary/aromatic N) is 3. The molecular weight excluding hydrogens is 431 g/mol. The molecule has 0 aliphatic carbocycles. The van der Waals surface area contributed by atoms with Crippen molar-refractivity contribution in [2.45, 2.75) is 45.3 Å². The minimum absolute atomic E-state index is 0.0857. The lowest BCUT2D eigenvalue weighted by molar-refractivity contribution is 0.0617. The lowest BCUT2D eigenvalue weighted by Gasteiger charge is -2.42. The zero-order valence-corrected chi connectivity index (χ0v) is 18.8. The molecule has 4 rings (SSSR count). The van der Waals surface area contributed by atoms with Gasteiger partial charge in [-0.1, -0.05) is 12.1 Å². The SMILES string of the molecule is COC[C@@H]1CC[C@H](C)N2CN1n1cc(C(=O)NCc3ccc(C)cc3F)c(=O)c(O)c1C2=O. The average molecular weight is 458 g/mol. The summed E-state index contributed by atoms with van der Waals surface area (Å²) in [5.41, 5.74) is -0.450. The third kappa shape index (κ3) is 4.06. The molecule has 1 aromatic carbocycles. The van der Waals surface area contributed by atoms with Crippen molar-refractivity contribution in [3.63, 3.8) is 0 Å². The van der Waals surface area contributed by atoms with Crippen LogP contribution in [0, 0.1) is 12.7 Å². The van der Waals surface area contributed by atoms with E-state index < -0.39 is 28.8 Å². The van der Waals surface area contributed by atoms with Gasteiger partial charge in [-0.25, -0.2) is 4.39 Å². The second-order valence-electron chi connectivity index (χ2n) is 8.58. The van der Waals surface area contributed by atoms with E-state index in [-0.39, 0.29) is 42.1 Å². The maximum Gasteiger partial charge on any atom is 0.278 e. The molecule has 2 aliphatic rings. The third-order valence-electron chi connectivity index (χ3n) is 6.32. The summed E-state index contributed by atoms with van der Waals surface area (Å²) in [5, 5.41) is 15.0. The molecule has 10 heteroatoms. The normalized spacial score (nSPS) is 19.8. The molecule has 3 heterocycles. The number of amides is 2.